The quantitative estimate of drug-likeness (QED) is 0.840. The van der Waals surface area contributed by atoms with Gasteiger partial charge in [-0.25, -0.2) is 18.4 Å². The third-order valence-electron chi connectivity index (χ3n) is 2.87. The summed E-state index contributed by atoms with van der Waals surface area (Å²) in [4.78, 5) is 22.8. The van der Waals surface area contributed by atoms with Crippen LogP contribution in [0.15, 0.2) is 18.2 Å². The molecule has 1 rings (SSSR count). The largest absolute Gasteiger partial charge is 0.480 e. The number of carboxylic acids is 1. The Balaban J connectivity index is 2.53. The van der Waals surface area contributed by atoms with E-state index in [1.165, 1.54) is 12.1 Å². The lowest BCUT2D eigenvalue weighted by Crippen LogP contribution is -2.43. The van der Waals surface area contributed by atoms with Crippen molar-refractivity contribution in [2.75, 3.05) is 0 Å². The summed E-state index contributed by atoms with van der Waals surface area (Å²) in [7, 11) is 0. The van der Waals surface area contributed by atoms with Crippen LogP contribution in [0.25, 0.3) is 0 Å². The maximum atomic E-state index is 13.1. The molecule has 0 fully saturated rings. The van der Waals surface area contributed by atoms with Gasteiger partial charge >= 0.3 is 12.1 Å². The molecule has 1 amide bonds. The van der Waals surface area contributed by atoms with Crippen LogP contribution >= 0.6 is 0 Å². The Morgan fingerprint density at radius 2 is 1.78 bits per heavy atom. The van der Waals surface area contributed by atoms with Gasteiger partial charge < -0.3 is 15.2 Å². The molecule has 0 aliphatic heterocycles. The van der Waals surface area contributed by atoms with E-state index in [1.807, 2.05) is 0 Å². The zero-order chi connectivity index (χ0) is 17.6. The average Bonchev–Trinajstić information content (AvgIpc) is 2.33. The van der Waals surface area contributed by atoms with Crippen LogP contribution in [-0.4, -0.2) is 28.8 Å². The molecule has 0 saturated carbocycles. The van der Waals surface area contributed by atoms with E-state index in [0.717, 1.165) is 6.07 Å². The highest BCUT2D eigenvalue weighted by Gasteiger charge is 2.23. The van der Waals surface area contributed by atoms with Gasteiger partial charge in [0.15, 0.2) is 0 Å². The maximum Gasteiger partial charge on any atom is 0.408 e. The van der Waals surface area contributed by atoms with Crippen LogP contribution in [0.2, 0.25) is 0 Å². The molecular formula is C16H21F2NO4. The first-order valence-corrected chi connectivity index (χ1v) is 7.24. The summed E-state index contributed by atoms with van der Waals surface area (Å²) in [5.41, 5.74) is -0.296. The van der Waals surface area contributed by atoms with E-state index in [9.17, 15) is 18.4 Å². The number of carbonyl (C=O) groups is 2. The van der Waals surface area contributed by atoms with E-state index in [-0.39, 0.29) is 6.42 Å². The molecule has 0 aromatic heterocycles. The molecule has 7 heteroatoms. The fraction of sp³-hybridized carbons (Fsp3) is 0.500. The van der Waals surface area contributed by atoms with Crippen molar-refractivity contribution < 1.29 is 28.2 Å². The lowest BCUT2D eigenvalue weighted by Gasteiger charge is -2.22. The zero-order valence-corrected chi connectivity index (χ0v) is 13.4. The molecule has 0 spiro atoms. The second-order valence-electron chi connectivity index (χ2n) is 6.21. The third-order valence-corrected chi connectivity index (χ3v) is 2.87. The fourth-order valence-corrected chi connectivity index (χ4v) is 1.97. The van der Waals surface area contributed by atoms with Gasteiger partial charge in [-0.05, 0) is 57.7 Å². The van der Waals surface area contributed by atoms with Gasteiger partial charge in [0, 0.05) is 6.07 Å². The minimum Gasteiger partial charge on any atom is -0.480 e. The number of carboxylic acid groups (broad SMARTS) is 1. The zero-order valence-electron chi connectivity index (χ0n) is 13.4. The van der Waals surface area contributed by atoms with Gasteiger partial charge in [-0.3, -0.25) is 0 Å². The second-order valence-corrected chi connectivity index (χ2v) is 6.21. The number of halogens is 2. The number of carbonyl (C=O) groups excluding carboxylic acids is 1. The average molecular weight is 329 g/mol. The number of alkyl carbamates (subject to hydrolysis) is 1. The van der Waals surface area contributed by atoms with Gasteiger partial charge in [-0.2, -0.15) is 0 Å². The van der Waals surface area contributed by atoms with Gasteiger partial charge in [0.05, 0.1) is 0 Å². The highest BCUT2D eigenvalue weighted by Crippen LogP contribution is 2.12. The molecule has 0 radical (unpaired) electrons. The smallest absolute Gasteiger partial charge is 0.408 e. The predicted octanol–water partition coefficient (Wildman–Crippen LogP) is 3.27. The number of benzene rings is 1. The van der Waals surface area contributed by atoms with E-state index >= 15 is 0 Å². The van der Waals surface area contributed by atoms with Crippen molar-refractivity contribution in [1.29, 1.82) is 0 Å². The Morgan fingerprint density at radius 3 is 2.26 bits per heavy atom. The number of hydrogen-bond donors (Lipinski definition) is 2. The van der Waals surface area contributed by atoms with Gasteiger partial charge in [-0.15, -0.1) is 0 Å². The summed E-state index contributed by atoms with van der Waals surface area (Å²) in [6, 6.07) is 2.04. The number of aryl methyl sites for hydroxylation is 1. The molecular weight excluding hydrogens is 308 g/mol. The number of amides is 1. The Morgan fingerprint density at radius 1 is 1.22 bits per heavy atom. The fourth-order valence-electron chi connectivity index (χ4n) is 1.97. The van der Waals surface area contributed by atoms with Crippen molar-refractivity contribution in [1.82, 2.24) is 5.32 Å². The van der Waals surface area contributed by atoms with E-state index in [2.05, 4.69) is 5.32 Å². The summed E-state index contributed by atoms with van der Waals surface area (Å²) < 4.78 is 31.1. The van der Waals surface area contributed by atoms with E-state index in [4.69, 9.17) is 9.84 Å². The van der Waals surface area contributed by atoms with Crippen LogP contribution in [-0.2, 0) is 16.0 Å². The first-order chi connectivity index (χ1) is 10.6. The summed E-state index contributed by atoms with van der Waals surface area (Å²) in [5, 5.41) is 11.4. The minimum atomic E-state index is -1.19. The van der Waals surface area contributed by atoms with Crippen molar-refractivity contribution in [3.05, 3.63) is 35.4 Å². The first-order valence-electron chi connectivity index (χ1n) is 7.24. The molecule has 0 heterocycles. The van der Waals surface area contributed by atoms with E-state index in [0.29, 0.717) is 18.4 Å². The summed E-state index contributed by atoms with van der Waals surface area (Å²) in [6.07, 6.45) is -0.0571. The first kappa shape index (κ1) is 18.9. The van der Waals surface area contributed by atoms with Gasteiger partial charge in [0.2, 0.25) is 0 Å². The van der Waals surface area contributed by atoms with E-state index in [1.54, 1.807) is 20.8 Å². The number of ether oxygens (including phenoxy) is 1. The van der Waals surface area contributed by atoms with Gasteiger partial charge in [0.25, 0.3) is 0 Å². The summed E-state index contributed by atoms with van der Waals surface area (Å²) in [6.45, 7) is 5.00. The number of rotatable bonds is 6. The molecule has 0 aliphatic carbocycles. The molecule has 0 bridgehead atoms. The highest BCUT2D eigenvalue weighted by molar-refractivity contribution is 5.79. The van der Waals surface area contributed by atoms with Gasteiger partial charge in [-0.1, -0.05) is 0 Å². The Kier molecular flexibility index (Phi) is 6.48. The van der Waals surface area contributed by atoms with Crippen LogP contribution in [0.4, 0.5) is 13.6 Å². The monoisotopic (exact) mass is 329 g/mol. The Bertz CT molecular complexity index is 549. The molecule has 23 heavy (non-hydrogen) atoms. The SMILES string of the molecule is CC(C)(C)OC(=O)N[C@H](CCCc1cc(F)cc(F)c1)C(=O)O. The Labute approximate surface area is 133 Å². The lowest BCUT2D eigenvalue weighted by atomic mass is 10.0. The van der Waals surface area contributed by atoms with Crippen molar-refractivity contribution in [3.63, 3.8) is 0 Å². The molecule has 128 valence electrons. The van der Waals surface area contributed by atoms with Crippen LogP contribution in [0.1, 0.15) is 39.2 Å². The molecule has 1 atom stereocenters. The molecule has 0 saturated heterocycles. The topological polar surface area (TPSA) is 75.6 Å². The van der Waals surface area contributed by atoms with Gasteiger partial charge in [0.1, 0.15) is 23.3 Å². The van der Waals surface area contributed by atoms with Crippen molar-refractivity contribution in [3.8, 4) is 0 Å². The molecule has 0 unspecified atom stereocenters. The van der Waals surface area contributed by atoms with Crippen LogP contribution in [0, 0.1) is 11.6 Å². The highest BCUT2D eigenvalue weighted by atomic mass is 19.1. The number of nitrogens with one attached hydrogen (secondary N) is 1. The van der Waals surface area contributed by atoms with Crippen LogP contribution < -0.4 is 5.32 Å². The van der Waals surface area contributed by atoms with Crippen molar-refractivity contribution >= 4 is 12.1 Å². The van der Waals surface area contributed by atoms with Crippen molar-refractivity contribution in [2.45, 2.75) is 51.7 Å². The molecule has 2 N–H and O–H groups in total. The molecule has 1 aromatic carbocycles. The minimum absolute atomic E-state index is 0.118. The maximum absolute atomic E-state index is 13.1. The molecule has 0 aliphatic rings. The molecule has 1 aromatic rings. The van der Waals surface area contributed by atoms with E-state index < -0.39 is 35.3 Å². The number of aliphatic carboxylic acids is 1. The summed E-state index contributed by atoms with van der Waals surface area (Å²) >= 11 is 0. The normalized spacial score (nSPS) is 12.6. The number of hydrogen-bond acceptors (Lipinski definition) is 3. The predicted molar refractivity (Wildman–Crippen MR) is 80.1 cm³/mol. The van der Waals surface area contributed by atoms with Crippen molar-refractivity contribution in [2.24, 2.45) is 0 Å². The standard InChI is InChI=1S/C16H21F2NO4/c1-16(2,3)23-15(22)19-13(14(20)21)6-4-5-10-7-11(17)9-12(18)8-10/h7-9,13H,4-6H2,1-3H3,(H,19,22)(H,20,21)/t13-/m1/s1. The Hall–Kier alpha value is -2.18. The van der Waals surface area contributed by atoms with Crippen LogP contribution in [0.5, 0.6) is 0 Å². The molecule has 5 nitrogen and oxygen atoms in total. The summed E-state index contributed by atoms with van der Waals surface area (Å²) in [5.74, 6) is -2.55. The van der Waals surface area contributed by atoms with Crippen LogP contribution in [0.3, 0.4) is 0 Å². The third kappa shape index (κ3) is 7.58. The second kappa shape index (κ2) is 7.89. The lowest BCUT2D eigenvalue weighted by molar-refractivity contribution is -0.139.